The highest BCUT2D eigenvalue weighted by Crippen LogP contribution is 2.29. The molecular weight excluding hydrogens is 589 g/mol. The molecule has 0 saturated heterocycles. The van der Waals surface area contributed by atoms with Crippen LogP contribution in [0.2, 0.25) is 0 Å². The Hall–Kier alpha value is -4.61. The zero-order valence-electron chi connectivity index (χ0n) is 25.8. The molecule has 2 heterocycles. The van der Waals surface area contributed by atoms with Gasteiger partial charge >= 0.3 is 12.1 Å². The highest BCUT2D eigenvalue weighted by Gasteiger charge is 2.38. The number of ether oxygens (including phenoxy) is 1. The Balaban J connectivity index is 0.000000707. The normalized spacial score (nSPS) is 11.9. The maximum atomic E-state index is 13.4. The Bertz CT molecular complexity index is 1600. The molecule has 1 amide bonds. The number of carbonyl (C=O) groups is 3. The van der Waals surface area contributed by atoms with Gasteiger partial charge in [0.25, 0.3) is 0 Å². The number of H-pyrrole nitrogens is 1. The first-order valence-corrected chi connectivity index (χ1v) is 14.7. The second kappa shape index (κ2) is 15.9. The van der Waals surface area contributed by atoms with Crippen LogP contribution in [-0.2, 0) is 27.9 Å². The van der Waals surface area contributed by atoms with Gasteiger partial charge in [0.15, 0.2) is 0 Å². The van der Waals surface area contributed by atoms with Crippen LogP contribution in [0, 0.1) is 6.92 Å². The maximum Gasteiger partial charge on any atom is 0.490 e. The summed E-state index contributed by atoms with van der Waals surface area (Å²) < 4.78 is 39.3. The van der Waals surface area contributed by atoms with Gasteiger partial charge in [0, 0.05) is 36.5 Å². The number of aliphatic carboxylic acids is 1. The first kappa shape index (κ1) is 34.9. The number of aromatic nitrogens is 3. The number of unbranched alkanes of at least 4 members (excludes halogenated alkanes) is 2. The van der Waals surface area contributed by atoms with E-state index in [2.05, 4.69) is 19.9 Å². The van der Waals surface area contributed by atoms with Crippen LogP contribution in [0.3, 0.4) is 0 Å². The Morgan fingerprint density at radius 2 is 1.78 bits per heavy atom. The number of hydrogen-bond acceptors (Lipinski definition) is 5. The Kier molecular flexibility index (Phi) is 12.3. The van der Waals surface area contributed by atoms with E-state index < -0.39 is 12.1 Å². The van der Waals surface area contributed by atoms with Gasteiger partial charge in [-0.25, -0.2) is 9.78 Å². The fourth-order valence-corrected chi connectivity index (χ4v) is 4.96. The van der Waals surface area contributed by atoms with Crippen LogP contribution < -0.4 is 10.1 Å². The van der Waals surface area contributed by atoms with Gasteiger partial charge in [0.1, 0.15) is 17.4 Å². The van der Waals surface area contributed by atoms with Gasteiger partial charge in [-0.2, -0.15) is 13.2 Å². The lowest BCUT2D eigenvalue weighted by atomic mass is 10.0. The standard InChI is InChI=1S/C31H38N4O3.C2HF3O2/c1-5-23(36)14-10-7-11-15-27(31-32-20-28(34-31)22-12-8-6-9-13-22)33-30(37)19-25-21(2)35(3)29-17-16-24(38-4)18-26(25)29;3-2(4,5)1(6)7/h6,8-9,12-13,16-18,20,27H,5,7,10-11,14-15,19H2,1-4H3,(H,32,34)(H,33,37);(H,6,7)/t27-;/m0./s1. The Morgan fingerprint density at radius 1 is 1.09 bits per heavy atom. The number of hydrogen-bond donors (Lipinski definition) is 3. The molecule has 0 saturated carbocycles. The zero-order valence-corrected chi connectivity index (χ0v) is 25.8. The lowest BCUT2D eigenvalue weighted by molar-refractivity contribution is -0.192. The van der Waals surface area contributed by atoms with Gasteiger partial charge in [-0.05, 0) is 49.1 Å². The number of aryl methyl sites for hydroxylation is 1. The van der Waals surface area contributed by atoms with Crippen molar-refractivity contribution in [1.82, 2.24) is 19.9 Å². The number of imidazole rings is 1. The quantitative estimate of drug-likeness (QED) is 0.139. The molecule has 1 atom stereocenters. The summed E-state index contributed by atoms with van der Waals surface area (Å²) in [5.74, 6) is -0.985. The largest absolute Gasteiger partial charge is 0.497 e. The number of Topliss-reactive ketones (excluding diaryl/α,β-unsaturated/α-hetero) is 1. The number of fused-ring (bicyclic) bond motifs is 1. The number of carboxylic acid groups (broad SMARTS) is 1. The molecule has 0 aliphatic rings. The van der Waals surface area contributed by atoms with Crippen molar-refractivity contribution in [3.8, 4) is 17.0 Å². The van der Waals surface area contributed by atoms with Gasteiger partial charge in [-0.15, -0.1) is 0 Å². The minimum absolute atomic E-state index is 0.0489. The van der Waals surface area contributed by atoms with Crippen molar-refractivity contribution in [3.63, 3.8) is 0 Å². The summed E-state index contributed by atoms with van der Waals surface area (Å²) in [5, 5.41) is 11.4. The molecule has 3 N–H and O–H groups in total. The van der Waals surface area contributed by atoms with E-state index in [0.717, 1.165) is 70.7 Å². The lowest BCUT2D eigenvalue weighted by Crippen LogP contribution is -2.30. The number of carboxylic acids is 1. The average Bonchev–Trinajstić information content (AvgIpc) is 3.60. The Labute approximate surface area is 259 Å². The minimum Gasteiger partial charge on any atom is -0.497 e. The monoisotopic (exact) mass is 628 g/mol. The van der Waals surface area contributed by atoms with E-state index in [9.17, 15) is 22.8 Å². The van der Waals surface area contributed by atoms with Gasteiger partial charge in [-0.1, -0.05) is 50.1 Å². The molecule has 0 aliphatic heterocycles. The molecule has 0 fully saturated rings. The SMILES string of the molecule is CCC(=O)CCCCC[C@H](NC(=O)Cc1c(C)n(C)c2ccc(OC)cc12)c1ncc(-c2ccccc2)[nH]1.O=C(O)C(F)(F)F. The maximum absolute atomic E-state index is 13.4. The average molecular weight is 629 g/mol. The highest BCUT2D eigenvalue weighted by molar-refractivity contribution is 5.91. The second-order valence-corrected chi connectivity index (χ2v) is 10.6. The summed E-state index contributed by atoms with van der Waals surface area (Å²) >= 11 is 0. The number of halogens is 3. The smallest absolute Gasteiger partial charge is 0.490 e. The molecular formula is C33H39F3N4O5. The summed E-state index contributed by atoms with van der Waals surface area (Å²) in [5.41, 5.74) is 5.10. The molecule has 4 rings (SSSR count). The topological polar surface area (TPSA) is 126 Å². The predicted molar refractivity (Wildman–Crippen MR) is 165 cm³/mol. The van der Waals surface area contributed by atoms with Crippen molar-refractivity contribution >= 4 is 28.6 Å². The van der Waals surface area contributed by atoms with Crippen molar-refractivity contribution < 1.29 is 37.4 Å². The van der Waals surface area contributed by atoms with E-state index >= 15 is 0 Å². The van der Waals surface area contributed by atoms with Crippen LogP contribution in [0.4, 0.5) is 13.2 Å². The fraction of sp³-hybridized carbons (Fsp3) is 0.394. The molecule has 0 aliphatic carbocycles. The van der Waals surface area contributed by atoms with Crippen LogP contribution in [0.15, 0.2) is 54.7 Å². The van der Waals surface area contributed by atoms with Crippen molar-refractivity contribution in [2.45, 2.75) is 71.0 Å². The van der Waals surface area contributed by atoms with E-state index in [1.165, 1.54) is 0 Å². The van der Waals surface area contributed by atoms with Gasteiger partial charge in [0.05, 0.1) is 31.5 Å². The van der Waals surface area contributed by atoms with Crippen LogP contribution >= 0.6 is 0 Å². The highest BCUT2D eigenvalue weighted by atomic mass is 19.4. The summed E-state index contributed by atoms with van der Waals surface area (Å²) in [6.07, 6.45) is 1.67. The van der Waals surface area contributed by atoms with Crippen LogP contribution in [0.1, 0.15) is 68.6 Å². The summed E-state index contributed by atoms with van der Waals surface area (Å²) in [7, 11) is 3.67. The molecule has 2 aromatic heterocycles. The fourth-order valence-electron chi connectivity index (χ4n) is 4.96. The third kappa shape index (κ3) is 9.69. The van der Waals surface area contributed by atoms with Crippen LogP contribution in [0.25, 0.3) is 22.2 Å². The van der Waals surface area contributed by atoms with Crippen LogP contribution in [-0.4, -0.2) is 50.6 Å². The van der Waals surface area contributed by atoms with E-state index in [1.54, 1.807) is 7.11 Å². The third-order valence-corrected chi connectivity index (χ3v) is 7.60. The zero-order chi connectivity index (χ0) is 33.1. The van der Waals surface area contributed by atoms with E-state index in [4.69, 9.17) is 14.6 Å². The molecule has 242 valence electrons. The van der Waals surface area contributed by atoms with Gasteiger partial charge in [0.2, 0.25) is 5.91 Å². The number of methoxy groups -OCH3 is 1. The van der Waals surface area contributed by atoms with Crippen molar-refractivity contribution in [2.75, 3.05) is 7.11 Å². The minimum atomic E-state index is -5.08. The molecule has 0 spiro atoms. The molecule has 0 unspecified atom stereocenters. The molecule has 0 bridgehead atoms. The number of benzene rings is 2. The molecule has 4 aromatic rings. The van der Waals surface area contributed by atoms with E-state index in [0.29, 0.717) is 18.6 Å². The summed E-state index contributed by atoms with van der Waals surface area (Å²) in [4.78, 5) is 42.0. The Morgan fingerprint density at radius 3 is 2.40 bits per heavy atom. The number of aromatic amines is 1. The second-order valence-electron chi connectivity index (χ2n) is 10.6. The molecule has 2 aromatic carbocycles. The predicted octanol–water partition coefficient (Wildman–Crippen LogP) is 6.85. The number of nitrogens with zero attached hydrogens (tertiary/aromatic N) is 2. The molecule has 9 nitrogen and oxygen atoms in total. The number of rotatable bonds is 13. The summed E-state index contributed by atoms with van der Waals surface area (Å²) in [6.45, 7) is 3.95. The number of amides is 1. The molecule has 0 radical (unpaired) electrons. The van der Waals surface area contributed by atoms with Crippen LogP contribution in [0.5, 0.6) is 5.75 Å². The molecule has 12 heteroatoms. The molecule has 45 heavy (non-hydrogen) atoms. The number of nitrogens with one attached hydrogen (secondary N) is 2. The number of ketones is 1. The van der Waals surface area contributed by atoms with Crippen molar-refractivity contribution in [2.24, 2.45) is 7.05 Å². The number of carbonyl (C=O) groups excluding carboxylic acids is 2. The summed E-state index contributed by atoms with van der Waals surface area (Å²) in [6, 6.07) is 15.8. The van der Waals surface area contributed by atoms with Crippen molar-refractivity contribution in [1.29, 1.82) is 0 Å². The van der Waals surface area contributed by atoms with E-state index in [-0.39, 0.29) is 18.4 Å². The van der Waals surface area contributed by atoms with Gasteiger partial charge < -0.3 is 24.7 Å². The lowest BCUT2D eigenvalue weighted by Gasteiger charge is -2.17. The van der Waals surface area contributed by atoms with E-state index in [1.807, 2.05) is 75.6 Å². The first-order valence-electron chi connectivity index (χ1n) is 14.7. The third-order valence-electron chi connectivity index (χ3n) is 7.60. The van der Waals surface area contributed by atoms with Crippen molar-refractivity contribution in [3.05, 3.63) is 71.8 Å². The van der Waals surface area contributed by atoms with Gasteiger partial charge in [-0.3, -0.25) is 9.59 Å². The first-order chi connectivity index (χ1) is 21.3. The number of alkyl halides is 3.